The lowest BCUT2D eigenvalue weighted by Crippen LogP contribution is -2.60. The highest BCUT2D eigenvalue weighted by molar-refractivity contribution is 5.76. The molecule has 47 heavy (non-hydrogen) atoms. The molecule has 3 unspecified atom stereocenters. The Morgan fingerprint density at radius 1 is 0.851 bits per heavy atom. The molecule has 1 heterocycles. The van der Waals surface area contributed by atoms with Crippen molar-refractivity contribution in [1.29, 1.82) is 0 Å². The molecule has 1 aliphatic heterocycles. The van der Waals surface area contributed by atoms with Gasteiger partial charge >= 0.3 is 0 Å². The van der Waals surface area contributed by atoms with Crippen LogP contribution in [0, 0.1) is 5.82 Å². The Kier molecular flexibility index (Phi) is 17.6. The minimum atomic E-state index is -1.56. The number of aliphatic hydroxyl groups is 5. The van der Waals surface area contributed by atoms with E-state index in [4.69, 9.17) is 14.2 Å². The Hall–Kier alpha value is -2.64. The van der Waals surface area contributed by atoms with Crippen molar-refractivity contribution in [3.05, 3.63) is 59.9 Å². The fourth-order valence-corrected chi connectivity index (χ4v) is 5.58. The van der Waals surface area contributed by atoms with Crippen LogP contribution in [0.1, 0.15) is 89.5 Å². The Morgan fingerprint density at radius 2 is 1.45 bits per heavy atom. The number of hydrogen-bond donors (Lipinski definition) is 6. The number of unbranched alkanes of at least 4 members (excludes halogenated alkanes) is 8. The molecule has 10 nitrogen and oxygen atoms in total. The van der Waals surface area contributed by atoms with Gasteiger partial charge in [-0.25, -0.2) is 4.39 Å². The normalized spacial score (nSPS) is 22.5. The summed E-state index contributed by atoms with van der Waals surface area (Å²) in [6, 6.07) is 13.2. The van der Waals surface area contributed by atoms with Crippen molar-refractivity contribution in [3.63, 3.8) is 0 Å². The van der Waals surface area contributed by atoms with Crippen molar-refractivity contribution in [2.45, 2.75) is 133 Å². The Labute approximate surface area is 277 Å². The van der Waals surface area contributed by atoms with Gasteiger partial charge in [0.2, 0.25) is 5.91 Å². The average Bonchev–Trinajstić information content (AvgIpc) is 3.07. The maximum Gasteiger partial charge on any atom is 0.220 e. The molecular weight excluding hydrogens is 609 g/mol. The van der Waals surface area contributed by atoms with E-state index in [0.29, 0.717) is 18.6 Å². The first-order valence-electron chi connectivity index (χ1n) is 17.1. The molecule has 0 saturated carbocycles. The fraction of sp³-hybridized carbons (Fsp3) is 0.639. The minimum Gasteiger partial charge on any atom is -0.457 e. The smallest absolute Gasteiger partial charge is 0.220 e. The highest BCUT2D eigenvalue weighted by Gasteiger charge is 2.44. The van der Waals surface area contributed by atoms with Crippen LogP contribution in [0.3, 0.4) is 0 Å². The summed E-state index contributed by atoms with van der Waals surface area (Å²) >= 11 is 0. The molecule has 0 spiro atoms. The summed E-state index contributed by atoms with van der Waals surface area (Å²) in [7, 11) is 0. The second kappa shape index (κ2) is 21.4. The zero-order valence-electron chi connectivity index (χ0n) is 27.5. The van der Waals surface area contributed by atoms with E-state index in [1.165, 1.54) is 17.7 Å². The molecule has 0 aliphatic carbocycles. The predicted molar refractivity (Wildman–Crippen MR) is 175 cm³/mol. The van der Waals surface area contributed by atoms with E-state index in [-0.39, 0.29) is 18.3 Å². The number of amides is 1. The first kappa shape index (κ1) is 38.8. The molecule has 1 fully saturated rings. The number of rotatable bonds is 22. The van der Waals surface area contributed by atoms with Gasteiger partial charge in [0.1, 0.15) is 41.7 Å². The molecule has 0 aromatic heterocycles. The lowest BCUT2D eigenvalue weighted by atomic mass is 9.99. The number of hydrogen-bond acceptors (Lipinski definition) is 9. The molecule has 1 saturated heterocycles. The zero-order chi connectivity index (χ0) is 34.0. The van der Waals surface area contributed by atoms with Crippen LogP contribution in [-0.2, 0) is 20.7 Å². The van der Waals surface area contributed by atoms with Crippen LogP contribution in [0.5, 0.6) is 11.5 Å². The van der Waals surface area contributed by atoms with Crippen LogP contribution >= 0.6 is 0 Å². The number of carbonyl (C=O) groups is 1. The summed E-state index contributed by atoms with van der Waals surface area (Å²) in [5.41, 5.74) is 1.26. The van der Waals surface area contributed by atoms with Gasteiger partial charge in [0.25, 0.3) is 0 Å². The Bertz CT molecular complexity index is 1130. The lowest BCUT2D eigenvalue weighted by Gasteiger charge is -2.40. The predicted octanol–water partition coefficient (Wildman–Crippen LogP) is 4.52. The van der Waals surface area contributed by atoms with Crippen LogP contribution in [-0.4, -0.2) is 87.5 Å². The topological polar surface area (TPSA) is 158 Å². The molecule has 264 valence electrons. The summed E-state index contributed by atoms with van der Waals surface area (Å²) in [5.74, 6) is 0.842. The van der Waals surface area contributed by atoms with Gasteiger partial charge in [-0.05, 0) is 67.6 Å². The summed E-state index contributed by atoms with van der Waals surface area (Å²) in [5, 5.41) is 53.2. The first-order chi connectivity index (χ1) is 22.7. The maximum absolute atomic E-state index is 13.1. The number of aryl methyl sites for hydroxylation is 1. The highest BCUT2D eigenvalue weighted by atomic mass is 19.1. The highest BCUT2D eigenvalue weighted by Crippen LogP contribution is 2.24. The van der Waals surface area contributed by atoms with Crippen LogP contribution < -0.4 is 10.1 Å². The molecule has 0 bridgehead atoms. The van der Waals surface area contributed by atoms with Crippen molar-refractivity contribution >= 4 is 5.91 Å². The maximum atomic E-state index is 13.1. The van der Waals surface area contributed by atoms with E-state index < -0.39 is 49.5 Å². The number of nitrogens with one attached hydrogen (secondary N) is 1. The van der Waals surface area contributed by atoms with Gasteiger partial charge in [0.15, 0.2) is 6.29 Å². The fourth-order valence-electron chi connectivity index (χ4n) is 5.58. The number of halogens is 1. The van der Waals surface area contributed by atoms with Gasteiger partial charge < -0.3 is 45.1 Å². The number of carbonyl (C=O) groups excluding carboxylic acids is 1. The van der Waals surface area contributed by atoms with Crippen molar-refractivity contribution in [3.8, 4) is 11.5 Å². The summed E-state index contributed by atoms with van der Waals surface area (Å²) in [6.45, 7) is 1.26. The second-order valence-corrected chi connectivity index (χ2v) is 12.4. The molecule has 2 aromatic rings. The molecule has 7 atom stereocenters. The quantitative estimate of drug-likeness (QED) is 0.0997. The molecule has 2 aromatic carbocycles. The van der Waals surface area contributed by atoms with Crippen LogP contribution in [0.15, 0.2) is 48.5 Å². The van der Waals surface area contributed by atoms with Crippen LogP contribution in [0.4, 0.5) is 4.39 Å². The van der Waals surface area contributed by atoms with E-state index in [2.05, 4.69) is 17.4 Å². The largest absolute Gasteiger partial charge is 0.457 e. The lowest BCUT2D eigenvalue weighted by molar-refractivity contribution is -0.302. The third-order valence-electron chi connectivity index (χ3n) is 8.54. The molecule has 3 rings (SSSR count). The van der Waals surface area contributed by atoms with E-state index in [9.17, 15) is 34.7 Å². The SMILES string of the molecule is CCCC[C@@H](O)[C@H](CO[C@H]1OC(CO)[C@H](O)C(O)C1O)NC(=O)CCCCCCCCCCc1ccc(Oc2ccc(F)cc2)cc1. The first-order valence-corrected chi connectivity index (χ1v) is 17.1. The Morgan fingerprint density at radius 3 is 2.06 bits per heavy atom. The summed E-state index contributed by atoms with van der Waals surface area (Å²) < 4.78 is 29.8. The summed E-state index contributed by atoms with van der Waals surface area (Å²) in [6.07, 6.45) is 3.93. The molecule has 11 heteroatoms. The third-order valence-corrected chi connectivity index (χ3v) is 8.54. The Balaban J connectivity index is 1.26. The van der Waals surface area contributed by atoms with Crippen LogP contribution in [0.2, 0.25) is 0 Å². The standard InChI is InChI=1S/C36H54FNO9/c1-2-3-13-30(40)29(24-45-36-35(44)34(43)33(42)31(23-39)47-36)38-32(41)14-11-9-7-5-4-6-8-10-12-25-15-19-27(20-16-25)46-28-21-17-26(37)18-22-28/h15-22,29-31,33-36,39-40,42-44H,2-14,23-24H2,1H3,(H,38,41)/t29-,30+,31?,33-,34?,35?,36-/m0/s1. The number of ether oxygens (including phenoxy) is 3. The second-order valence-electron chi connectivity index (χ2n) is 12.4. The van der Waals surface area contributed by atoms with E-state index in [0.717, 1.165) is 76.4 Å². The molecule has 0 radical (unpaired) electrons. The van der Waals surface area contributed by atoms with Gasteiger partial charge in [-0.3, -0.25) is 4.79 Å². The van der Waals surface area contributed by atoms with Gasteiger partial charge in [0.05, 0.1) is 25.4 Å². The van der Waals surface area contributed by atoms with Crippen molar-refractivity contribution in [1.82, 2.24) is 5.32 Å². The third kappa shape index (κ3) is 13.8. The monoisotopic (exact) mass is 663 g/mol. The van der Waals surface area contributed by atoms with E-state index in [1.807, 2.05) is 19.1 Å². The number of aliphatic hydroxyl groups excluding tert-OH is 5. The zero-order valence-corrected chi connectivity index (χ0v) is 27.5. The van der Waals surface area contributed by atoms with Crippen LogP contribution in [0.25, 0.3) is 0 Å². The van der Waals surface area contributed by atoms with Crippen molar-refractivity contribution in [2.75, 3.05) is 13.2 Å². The van der Waals surface area contributed by atoms with Gasteiger partial charge in [-0.1, -0.05) is 70.4 Å². The van der Waals surface area contributed by atoms with E-state index >= 15 is 0 Å². The molecule has 6 N–H and O–H groups in total. The summed E-state index contributed by atoms with van der Waals surface area (Å²) in [4.78, 5) is 12.7. The van der Waals surface area contributed by atoms with Gasteiger partial charge in [0, 0.05) is 6.42 Å². The molecule has 1 amide bonds. The average molecular weight is 664 g/mol. The van der Waals surface area contributed by atoms with Crippen molar-refractivity contribution in [2.24, 2.45) is 0 Å². The van der Waals surface area contributed by atoms with Crippen molar-refractivity contribution < 1.29 is 48.9 Å². The molecule has 1 aliphatic rings. The molecular formula is C36H54FNO9. The minimum absolute atomic E-state index is 0.170. The van der Waals surface area contributed by atoms with Gasteiger partial charge in [-0.2, -0.15) is 0 Å². The number of benzene rings is 2. The van der Waals surface area contributed by atoms with Gasteiger partial charge in [-0.15, -0.1) is 0 Å². The van der Waals surface area contributed by atoms with E-state index in [1.54, 1.807) is 12.1 Å².